The highest BCUT2D eigenvalue weighted by Crippen LogP contribution is 2.42. The molecule has 0 spiro atoms. The van der Waals surface area contributed by atoms with Gasteiger partial charge in [0, 0.05) is 44.6 Å². The summed E-state index contributed by atoms with van der Waals surface area (Å²) in [5.41, 5.74) is 16.3. The van der Waals surface area contributed by atoms with Crippen LogP contribution in [0.1, 0.15) is 11.5 Å². The molecule has 10 rings (SSSR count). The second kappa shape index (κ2) is 16.8. The van der Waals surface area contributed by atoms with Gasteiger partial charge in [0.05, 0.1) is 28.5 Å². The molecule has 0 unspecified atom stereocenters. The van der Waals surface area contributed by atoms with E-state index >= 15 is 0 Å². The van der Waals surface area contributed by atoms with E-state index < -0.39 is 0 Å². The molecule has 0 aliphatic carbocycles. The van der Waals surface area contributed by atoms with Crippen molar-refractivity contribution in [2.24, 2.45) is 0 Å². The molecule has 0 radical (unpaired) electrons. The Morgan fingerprint density at radius 1 is 0.242 bits per heavy atom. The van der Waals surface area contributed by atoms with Crippen molar-refractivity contribution in [3.05, 3.63) is 218 Å². The average Bonchev–Trinajstić information content (AvgIpc) is 3.34. The molecule has 0 N–H and O–H groups in total. The highest BCUT2D eigenvalue weighted by atomic mass is 14.9. The first kappa shape index (κ1) is 38.0. The molecule has 7 aromatic carbocycles. The van der Waals surface area contributed by atoms with E-state index in [2.05, 4.69) is 132 Å². The molecule has 0 amide bonds. The summed E-state index contributed by atoms with van der Waals surface area (Å²) < 4.78 is 0. The number of benzene rings is 7. The van der Waals surface area contributed by atoms with E-state index in [4.69, 9.17) is 24.9 Å². The predicted molar refractivity (Wildman–Crippen MR) is 252 cm³/mol. The van der Waals surface area contributed by atoms with Gasteiger partial charge in [0.15, 0.2) is 11.6 Å². The van der Waals surface area contributed by atoms with Crippen LogP contribution in [0.15, 0.2) is 206 Å². The van der Waals surface area contributed by atoms with Crippen LogP contribution in [0, 0.1) is 13.8 Å². The maximum Gasteiger partial charge on any atom is 0.160 e. The van der Waals surface area contributed by atoms with E-state index in [1.165, 1.54) is 0 Å². The number of aryl methyl sites for hydroxylation is 2. The summed E-state index contributed by atoms with van der Waals surface area (Å²) in [6.45, 7) is 3.95. The number of hydrogen-bond acceptors (Lipinski definition) is 6. The molecule has 0 saturated heterocycles. The molecule has 294 valence electrons. The monoisotopic (exact) mass is 796 g/mol. The molecular formula is C56H40N6. The van der Waals surface area contributed by atoms with Crippen molar-refractivity contribution >= 4 is 0 Å². The minimum absolute atomic E-state index is 0.670. The van der Waals surface area contributed by atoms with Crippen LogP contribution in [0.3, 0.4) is 0 Å². The second-order valence-electron chi connectivity index (χ2n) is 15.2. The van der Waals surface area contributed by atoms with E-state index in [0.29, 0.717) is 11.6 Å². The van der Waals surface area contributed by atoms with Gasteiger partial charge in [-0.3, -0.25) is 0 Å². The zero-order valence-corrected chi connectivity index (χ0v) is 34.3. The molecule has 0 aliphatic rings. The van der Waals surface area contributed by atoms with Gasteiger partial charge in [-0.25, -0.2) is 29.9 Å². The Labute approximate surface area is 361 Å². The first-order chi connectivity index (χ1) is 30.5. The normalized spacial score (nSPS) is 11.1. The van der Waals surface area contributed by atoms with Gasteiger partial charge in [0.25, 0.3) is 0 Å². The van der Waals surface area contributed by atoms with Gasteiger partial charge in [-0.2, -0.15) is 0 Å². The molecule has 0 fully saturated rings. The summed E-state index contributed by atoms with van der Waals surface area (Å²) in [6, 6.07) is 71.0. The lowest BCUT2D eigenvalue weighted by molar-refractivity contribution is 1.02. The van der Waals surface area contributed by atoms with Gasteiger partial charge in [-0.1, -0.05) is 176 Å². The highest BCUT2D eigenvalue weighted by molar-refractivity contribution is 5.94. The fourth-order valence-corrected chi connectivity index (χ4v) is 7.96. The van der Waals surface area contributed by atoms with Crippen molar-refractivity contribution in [1.29, 1.82) is 0 Å². The fourth-order valence-electron chi connectivity index (χ4n) is 7.96. The first-order valence-corrected chi connectivity index (χ1v) is 20.7. The van der Waals surface area contributed by atoms with Gasteiger partial charge in [-0.15, -0.1) is 0 Å². The van der Waals surface area contributed by atoms with Crippen LogP contribution in [0.4, 0.5) is 0 Å². The van der Waals surface area contributed by atoms with Crippen molar-refractivity contribution in [2.75, 3.05) is 0 Å². The average molecular weight is 797 g/mol. The van der Waals surface area contributed by atoms with Crippen LogP contribution in [0.5, 0.6) is 0 Å². The smallest absolute Gasteiger partial charge is 0.160 e. The predicted octanol–water partition coefficient (Wildman–Crippen LogP) is 13.7. The topological polar surface area (TPSA) is 77.3 Å². The van der Waals surface area contributed by atoms with E-state index in [1.54, 1.807) is 0 Å². The van der Waals surface area contributed by atoms with Crippen molar-refractivity contribution in [2.45, 2.75) is 13.8 Å². The van der Waals surface area contributed by atoms with Gasteiger partial charge < -0.3 is 0 Å². The molecule has 0 aliphatic heterocycles. The largest absolute Gasteiger partial charge is 0.239 e. The van der Waals surface area contributed by atoms with Crippen LogP contribution in [-0.2, 0) is 0 Å². The Morgan fingerprint density at radius 2 is 0.661 bits per heavy atom. The molecule has 0 saturated carbocycles. The van der Waals surface area contributed by atoms with Crippen LogP contribution >= 0.6 is 0 Å². The summed E-state index contributed by atoms with van der Waals surface area (Å²) in [6.07, 6.45) is 0. The third-order valence-electron chi connectivity index (χ3n) is 10.9. The van der Waals surface area contributed by atoms with Crippen LogP contribution in [-0.4, -0.2) is 29.9 Å². The van der Waals surface area contributed by atoms with Gasteiger partial charge >= 0.3 is 0 Å². The quantitative estimate of drug-likeness (QED) is 0.145. The Hall–Kier alpha value is -8.22. The molecular weight excluding hydrogens is 757 g/mol. The molecule has 0 atom stereocenters. The Bertz CT molecular complexity index is 3050. The Balaban J connectivity index is 1.17. The van der Waals surface area contributed by atoms with Gasteiger partial charge in [0.2, 0.25) is 0 Å². The van der Waals surface area contributed by atoms with E-state index in [0.717, 1.165) is 101 Å². The second-order valence-corrected chi connectivity index (χ2v) is 15.2. The number of nitrogens with zero attached hydrogens (tertiary/aromatic N) is 6. The minimum Gasteiger partial charge on any atom is -0.239 e. The summed E-state index contributed by atoms with van der Waals surface area (Å²) in [7, 11) is 0. The van der Waals surface area contributed by atoms with Crippen LogP contribution in [0.25, 0.3) is 101 Å². The van der Waals surface area contributed by atoms with Crippen molar-refractivity contribution in [1.82, 2.24) is 29.9 Å². The van der Waals surface area contributed by atoms with Crippen molar-refractivity contribution in [3.63, 3.8) is 0 Å². The SMILES string of the molecule is Cc1cc(-c2ccc(-c3ccccc3-c3cc(-c4ccccc4)nc(-c4ccccc4)n3)c(-c3cccc(-c4cc(-c5ccccc5)nc(-c5ccccc5)n4)c3)c2)nc(C)n1. The van der Waals surface area contributed by atoms with E-state index in [-0.39, 0.29) is 0 Å². The third kappa shape index (κ3) is 7.93. The molecule has 0 bridgehead atoms. The summed E-state index contributed by atoms with van der Waals surface area (Å²) in [5.74, 6) is 2.08. The first-order valence-electron chi connectivity index (χ1n) is 20.7. The minimum atomic E-state index is 0.670. The number of rotatable bonds is 9. The molecule has 6 nitrogen and oxygen atoms in total. The Morgan fingerprint density at radius 3 is 1.24 bits per heavy atom. The van der Waals surface area contributed by atoms with Crippen molar-refractivity contribution in [3.8, 4) is 101 Å². The molecule has 3 aromatic heterocycles. The zero-order valence-electron chi connectivity index (χ0n) is 34.3. The molecule has 6 heteroatoms. The van der Waals surface area contributed by atoms with Crippen LogP contribution < -0.4 is 0 Å². The molecule has 3 heterocycles. The summed E-state index contributed by atoms with van der Waals surface area (Å²) in [5, 5.41) is 0. The summed E-state index contributed by atoms with van der Waals surface area (Å²) >= 11 is 0. The standard InChI is InChI=1S/C56H40N6/c1-37-32-50(58-38(2)57-37)45-30-31-47(46-28-15-16-29-48(46)54-36-52(40-20-9-4-10-21-40)60-56(62-54)42-24-13-6-14-25-42)49(34-45)43-26-17-27-44(33-43)53-35-51(39-18-7-3-8-19-39)59-55(61-53)41-22-11-5-12-23-41/h3-36H,1-2H3. The fraction of sp³-hybridized carbons (Fsp3) is 0.0357. The van der Waals surface area contributed by atoms with Gasteiger partial charge in [-0.05, 0) is 66.4 Å². The lowest BCUT2D eigenvalue weighted by atomic mass is 9.88. The van der Waals surface area contributed by atoms with Crippen LogP contribution in [0.2, 0.25) is 0 Å². The summed E-state index contributed by atoms with van der Waals surface area (Å²) in [4.78, 5) is 30.0. The third-order valence-corrected chi connectivity index (χ3v) is 10.9. The lowest BCUT2D eigenvalue weighted by Crippen LogP contribution is -1.98. The van der Waals surface area contributed by atoms with Crippen molar-refractivity contribution < 1.29 is 0 Å². The van der Waals surface area contributed by atoms with E-state index in [1.807, 2.05) is 92.7 Å². The molecule has 10 aromatic rings. The van der Waals surface area contributed by atoms with E-state index in [9.17, 15) is 0 Å². The zero-order chi connectivity index (χ0) is 41.8. The van der Waals surface area contributed by atoms with Gasteiger partial charge in [0.1, 0.15) is 5.82 Å². The Kier molecular flexibility index (Phi) is 10.3. The number of hydrogen-bond donors (Lipinski definition) is 0. The maximum atomic E-state index is 5.25. The molecule has 62 heavy (non-hydrogen) atoms. The maximum absolute atomic E-state index is 5.25. The highest BCUT2D eigenvalue weighted by Gasteiger charge is 2.19. The number of aromatic nitrogens is 6. The lowest BCUT2D eigenvalue weighted by Gasteiger charge is -2.18.